The van der Waals surface area contributed by atoms with Crippen LogP contribution in [0.2, 0.25) is 0 Å². The van der Waals surface area contributed by atoms with Crippen LogP contribution in [0.15, 0.2) is 0 Å². The molecular weight excluding hydrogens is 258 g/mol. The van der Waals surface area contributed by atoms with Crippen LogP contribution in [0.5, 0.6) is 0 Å². The molecule has 0 aromatic carbocycles. The third-order valence-corrected chi connectivity index (χ3v) is 4.03. The molecule has 1 heterocycles. The van der Waals surface area contributed by atoms with E-state index in [0.29, 0.717) is 25.9 Å². The second-order valence-corrected chi connectivity index (χ2v) is 5.18. The summed E-state index contributed by atoms with van der Waals surface area (Å²) >= 11 is 0. The van der Waals surface area contributed by atoms with Crippen molar-refractivity contribution in [1.82, 2.24) is 15.1 Å². The Labute approximate surface area is 121 Å². The molecule has 0 aromatic rings. The lowest BCUT2D eigenvalue weighted by molar-refractivity contribution is -0.159. The van der Waals surface area contributed by atoms with E-state index in [4.69, 9.17) is 4.74 Å². The van der Waals surface area contributed by atoms with E-state index >= 15 is 0 Å². The normalized spacial score (nSPS) is 17.6. The van der Waals surface area contributed by atoms with Crippen molar-refractivity contribution in [3.05, 3.63) is 0 Å². The third kappa shape index (κ3) is 3.70. The molecule has 0 unspecified atom stereocenters. The Morgan fingerprint density at radius 1 is 1.20 bits per heavy atom. The Bertz CT molecular complexity index is 337. The average molecular weight is 285 g/mol. The van der Waals surface area contributed by atoms with E-state index in [1.807, 2.05) is 13.8 Å². The van der Waals surface area contributed by atoms with E-state index in [1.165, 1.54) is 4.90 Å². The van der Waals surface area contributed by atoms with Crippen LogP contribution in [0, 0.1) is 0 Å². The molecule has 1 rings (SSSR count). The fourth-order valence-electron chi connectivity index (χ4n) is 2.63. The Balaban J connectivity index is 2.67. The molecule has 2 amide bonds. The molecule has 6 nitrogen and oxygen atoms in total. The molecule has 20 heavy (non-hydrogen) atoms. The van der Waals surface area contributed by atoms with Crippen molar-refractivity contribution in [2.45, 2.75) is 32.3 Å². The van der Waals surface area contributed by atoms with Crippen LogP contribution in [0.4, 0.5) is 0 Å². The number of methoxy groups -OCH3 is 1. The lowest BCUT2D eigenvalue weighted by Gasteiger charge is -2.37. The number of likely N-dealkylation sites (N-methyl/N-ethyl adjacent to an activating group) is 2. The van der Waals surface area contributed by atoms with Crippen molar-refractivity contribution in [1.29, 1.82) is 0 Å². The molecule has 1 aliphatic heterocycles. The number of nitrogens with one attached hydrogen (secondary N) is 1. The fraction of sp³-hybridized carbons (Fsp3) is 0.857. The van der Waals surface area contributed by atoms with Gasteiger partial charge in [0.1, 0.15) is 5.60 Å². The number of hydrogen-bond acceptors (Lipinski definition) is 4. The largest absolute Gasteiger partial charge is 0.368 e. The molecule has 0 spiro atoms. The Morgan fingerprint density at radius 3 is 2.20 bits per heavy atom. The first kappa shape index (κ1) is 16.9. The van der Waals surface area contributed by atoms with Crippen LogP contribution in [0.25, 0.3) is 0 Å². The van der Waals surface area contributed by atoms with Gasteiger partial charge < -0.3 is 19.9 Å². The highest BCUT2D eigenvalue weighted by Gasteiger charge is 2.41. The topological polar surface area (TPSA) is 61.9 Å². The molecule has 0 aliphatic carbocycles. The summed E-state index contributed by atoms with van der Waals surface area (Å²) in [4.78, 5) is 27.9. The number of ether oxygens (including phenoxy) is 1. The van der Waals surface area contributed by atoms with Gasteiger partial charge in [0.25, 0.3) is 5.91 Å². The van der Waals surface area contributed by atoms with Crippen LogP contribution in [0.1, 0.15) is 26.7 Å². The molecule has 1 aliphatic rings. The molecule has 0 atom stereocenters. The average Bonchev–Trinajstić information content (AvgIpc) is 2.48. The van der Waals surface area contributed by atoms with Crippen LogP contribution < -0.4 is 5.32 Å². The maximum absolute atomic E-state index is 12.6. The zero-order valence-corrected chi connectivity index (χ0v) is 13.1. The summed E-state index contributed by atoms with van der Waals surface area (Å²) in [5, 5.41) is 3.22. The highest BCUT2D eigenvalue weighted by Crippen LogP contribution is 2.24. The van der Waals surface area contributed by atoms with Crippen molar-refractivity contribution in [2.24, 2.45) is 0 Å². The Morgan fingerprint density at radius 2 is 1.75 bits per heavy atom. The number of rotatable bonds is 6. The van der Waals surface area contributed by atoms with Gasteiger partial charge in [-0.3, -0.25) is 9.59 Å². The van der Waals surface area contributed by atoms with Gasteiger partial charge in [0.15, 0.2) is 0 Å². The van der Waals surface area contributed by atoms with E-state index in [0.717, 1.165) is 13.1 Å². The summed E-state index contributed by atoms with van der Waals surface area (Å²) in [6.45, 7) is 6.83. The van der Waals surface area contributed by atoms with Gasteiger partial charge in [-0.2, -0.15) is 0 Å². The van der Waals surface area contributed by atoms with E-state index in [2.05, 4.69) is 5.32 Å². The van der Waals surface area contributed by atoms with Gasteiger partial charge in [-0.05, 0) is 39.8 Å². The first-order valence-corrected chi connectivity index (χ1v) is 7.30. The van der Waals surface area contributed by atoms with Crippen molar-refractivity contribution in [3.63, 3.8) is 0 Å². The molecular formula is C14H27N3O3. The zero-order valence-electron chi connectivity index (χ0n) is 13.1. The number of amides is 2. The van der Waals surface area contributed by atoms with Crippen LogP contribution in [-0.4, -0.2) is 74.1 Å². The van der Waals surface area contributed by atoms with Gasteiger partial charge in [-0.25, -0.2) is 0 Å². The van der Waals surface area contributed by atoms with Gasteiger partial charge in [0, 0.05) is 27.2 Å². The number of piperidine rings is 1. The van der Waals surface area contributed by atoms with Crippen LogP contribution >= 0.6 is 0 Å². The molecule has 1 fully saturated rings. The van der Waals surface area contributed by atoms with Gasteiger partial charge in [0.2, 0.25) is 5.91 Å². The standard InChI is InChI=1S/C14H27N3O3/c1-5-17(6-2)12(18)11-16(3)13(19)14(20-4)7-9-15-10-8-14/h15H,5-11H2,1-4H3. The van der Waals surface area contributed by atoms with E-state index in [9.17, 15) is 9.59 Å². The van der Waals surface area contributed by atoms with Crippen LogP contribution in [-0.2, 0) is 14.3 Å². The summed E-state index contributed by atoms with van der Waals surface area (Å²) in [5.74, 6) is -0.118. The minimum Gasteiger partial charge on any atom is -0.368 e. The molecule has 6 heteroatoms. The fourth-order valence-corrected chi connectivity index (χ4v) is 2.63. The van der Waals surface area contributed by atoms with E-state index < -0.39 is 5.60 Å². The van der Waals surface area contributed by atoms with Gasteiger partial charge in [-0.15, -0.1) is 0 Å². The first-order valence-electron chi connectivity index (χ1n) is 7.30. The predicted octanol–water partition coefficient (Wildman–Crippen LogP) is 0.0818. The molecule has 116 valence electrons. The van der Waals surface area contributed by atoms with Crippen molar-refractivity contribution < 1.29 is 14.3 Å². The highest BCUT2D eigenvalue weighted by atomic mass is 16.5. The number of nitrogens with zero attached hydrogens (tertiary/aromatic N) is 2. The SMILES string of the molecule is CCN(CC)C(=O)CN(C)C(=O)C1(OC)CCNCC1. The smallest absolute Gasteiger partial charge is 0.255 e. The summed E-state index contributed by atoms with van der Waals surface area (Å²) in [6.07, 6.45) is 1.29. The van der Waals surface area contributed by atoms with Gasteiger partial charge in [-0.1, -0.05) is 0 Å². The highest BCUT2D eigenvalue weighted by molar-refractivity contribution is 5.89. The monoisotopic (exact) mass is 285 g/mol. The van der Waals surface area contributed by atoms with E-state index in [-0.39, 0.29) is 18.4 Å². The Kier molecular flexibility index (Phi) is 6.42. The lowest BCUT2D eigenvalue weighted by Crippen LogP contribution is -2.56. The maximum atomic E-state index is 12.6. The van der Waals surface area contributed by atoms with Crippen molar-refractivity contribution in [2.75, 3.05) is 46.9 Å². The minimum absolute atomic E-state index is 0.0222. The molecule has 0 bridgehead atoms. The Hall–Kier alpha value is -1.14. The predicted molar refractivity (Wildman–Crippen MR) is 77.4 cm³/mol. The quantitative estimate of drug-likeness (QED) is 0.751. The molecule has 1 N–H and O–H groups in total. The second kappa shape index (κ2) is 7.59. The van der Waals surface area contributed by atoms with Crippen molar-refractivity contribution in [3.8, 4) is 0 Å². The summed E-state index contributed by atoms with van der Waals surface area (Å²) in [5.41, 5.74) is -0.774. The van der Waals surface area contributed by atoms with Gasteiger partial charge >= 0.3 is 0 Å². The molecule has 0 aromatic heterocycles. The third-order valence-electron chi connectivity index (χ3n) is 4.03. The first-order chi connectivity index (χ1) is 9.50. The molecule has 0 saturated carbocycles. The minimum atomic E-state index is -0.774. The maximum Gasteiger partial charge on any atom is 0.255 e. The number of carbonyl (C=O) groups is 2. The summed E-state index contributed by atoms with van der Waals surface area (Å²) in [7, 11) is 3.25. The van der Waals surface area contributed by atoms with Crippen molar-refractivity contribution >= 4 is 11.8 Å². The summed E-state index contributed by atoms with van der Waals surface area (Å²) < 4.78 is 5.50. The number of carbonyl (C=O) groups excluding carboxylic acids is 2. The zero-order chi connectivity index (χ0) is 15.2. The molecule has 1 saturated heterocycles. The summed E-state index contributed by atoms with van der Waals surface area (Å²) in [6, 6.07) is 0. The lowest BCUT2D eigenvalue weighted by atomic mass is 9.90. The molecule has 0 radical (unpaired) electrons. The second-order valence-electron chi connectivity index (χ2n) is 5.18. The van der Waals surface area contributed by atoms with Gasteiger partial charge in [0.05, 0.1) is 6.54 Å². The van der Waals surface area contributed by atoms with Crippen LogP contribution in [0.3, 0.4) is 0 Å². The van der Waals surface area contributed by atoms with E-state index in [1.54, 1.807) is 19.1 Å². The number of hydrogen-bond donors (Lipinski definition) is 1.